The molecule has 1 N–H and O–H groups in total. The van der Waals surface area contributed by atoms with Gasteiger partial charge in [0.05, 0.1) is 20.3 Å². The van der Waals surface area contributed by atoms with Crippen LogP contribution in [0, 0.1) is 0 Å². The van der Waals surface area contributed by atoms with Crippen LogP contribution >= 0.6 is 11.6 Å². The van der Waals surface area contributed by atoms with Crippen molar-refractivity contribution in [3.8, 4) is 11.5 Å². The normalized spacial score (nSPS) is 11.7. The molecule has 0 aliphatic rings. The van der Waals surface area contributed by atoms with Crippen LogP contribution in [0.25, 0.3) is 10.8 Å². The molecular formula is C27H24ClNO3. The molecule has 0 aliphatic heterocycles. The highest BCUT2D eigenvalue weighted by Crippen LogP contribution is 2.33. The molecule has 0 saturated heterocycles. The molecule has 4 nitrogen and oxygen atoms in total. The Kier molecular flexibility index (Phi) is 6.62. The molecule has 0 aromatic heterocycles. The van der Waals surface area contributed by atoms with Gasteiger partial charge in [0.25, 0.3) is 0 Å². The Hall–Kier alpha value is -3.50. The molecule has 0 radical (unpaired) electrons. The number of nitrogens with one attached hydrogen (secondary N) is 1. The lowest BCUT2D eigenvalue weighted by molar-refractivity contribution is 0.0976. The van der Waals surface area contributed by atoms with Crippen molar-refractivity contribution < 1.29 is 14.3 Å². The summed E-state index contributed by atoms with van der Waals surface area (Å²) in [6, 6.07) is 26.7. The highest BCUT2D eigenvalue weighted by atomic mass is 35.5. The molecule has 0 aliphatic carbocycles. The van der Waals surface area contributed by atoms with Gasteiger partial charge in [-0.3, -0.25) is 4.79 Å². The van der Waals surface area contributed by atoms with Gasteiger partial charge in [-0.25, -0.2) is 0 Å². The summed E-state index contributed by atoms with van der Waals surface area (Å²) in [6.07, 6.45) is 0.274. The molecule has 0 saturated carbocycles. The van der Waals surface area contributed by atoms with Crippen LogP contribution in [0.2, 0.25) is 5.02 Å². The number of halogens is 1. The van der Waals surface area contributed by atoms with E-state index in [1.54, 1.807) is 14.2 Å². The van der Waals surface area contributed by atoms with Crippen molar-refractivity contribution in [1.82, 2.24) is 0 Å². The Morgan fingerprint density at radius 2 is 1.56 bits per heavy atom. The van der Waals surface area contributed by atoms with Crippen LogP contribution in [0.4, 0.5) is 5.69 Å². The monoisotopic (exact) mass is 445 g/mol. The van der Waals surface area contributed by atoms with Crippen molar-refractivity contribution in [2.24, 2.45) is 0 Å². The third-order valence-corrected chi connectivity index (χ3v) is 5.71. The Bertz CT molecular complexity index is 1240. The quantitative estimate of drug-likeness (QED) is 0.298. The zero-order valence-corrected chi connectivity index (χ0v) is 18.7. The number of benzene rings is 4. The predicted octanol–water partition coefficient (Wildman–Crippen LogP) is 6.94. The number of hydrogen-bond acceptors (Lipinski definition) is 4. The van der Waals surface area contributed by atoms with Crippen molar-refractivity contribution in [3.05, 3.63) is 101 Å². The molecule has 0 heterocycles. The average molecular weight is 446 g/mol. The molecule has 32 heavy (non-hydrogen) atoms. The summed E-state index contributed by atoms with van der Waals surface area (Å²) in [5.74, 6) is 1.31. The summed E-state index contributed by atoms with van der Waals surface area (Å²) < 4.78 is 10.8. The van der Waals surface area contributed by atoms with Gasteiger partial charge in [-0.05, 0) is 58.8 Å². The van der Waals surface area contributed by atoms with Gasteiger partial charge in [0, 0.05) is 22.7 Å². The highest BCUT2D eigenvalue weighted by Gasteiger charge is 2.19. The first kappa shape index (κ1) is 21.7. The summed E-state index contributed by atoms with van der Waals surface area (Å²) in [7, 11) is 3.20. The summed E-state index contributed by atoms with van der Waals surface area (Å²) >= 11 is 6.04. The molecule has 1 unspecified atom stereocenters. The zero-order chi connectivity index (χ0) is 22.5. The molecular weight excluding hydrogens is 422 g/mol. The first-order valence-electron chi connectivity index (χ1n) is 10.3. The van der Waals surface area contributed by atoms with Gasteiger partial charge in [-0.1, -0.05) is 54.1 Å². The maximum absolute atomic E-state index is 13.3. The lowest BCUT2D eigenvalue weighted by Gasteiger charge is -2.21. The minimum atomic E-state index is -0.269. The number of anilines is 1. The van der Waals surface area contributed by atoms with E-state index in [4.69, 9.17) is 21.1 Å². The number of ether oxygens (including phenoxy) is 2. The van der Waals surface area contributed by atoms with Gasteiger partial charge in [0.2, 0.25) is 0 Å². The lowest BCUT2D eigenvalue weighted by atomic mass is 9.96. The SMILES string of the molecule is COc1ccc(C(CC(=O)c2ccc3ccccc3c2)Nc2ccc(Cl)cc2)cc1OC. The molecule has 4 aromatic carbocycles. The van der Waals surface area contributed by atoms with E-state index >= 15 is 0 Å². The summed E-state index contributed by atoms with van der Waals surface area (Å²) in [5, 5.41) is 6.29. The summed E-state index contributed by atoms with van der Waals surface area (Å²) in [6.45, 7) is 0. The largest absolute Gasteiger partial charge is 0.493 e. The van der Waals surface area contributed by atoms with E-state index in [2.05, 4.69) is 5.32 Å². The van der Waals surface area contributed by atoms with E-state index in [1.165, 1.54) is 0 Å². The van der Waals surface area contributed by atoms with Crippen LogP contribution in [0.1, 0.15) is 28.4 Å². The lowest BCUT2D eigenvalue weighted by Crippen LogP contribution is -2.16. The smallest absolute Gasteiger partial charge is 0.165 e. The van der Waals surface area contributed by atoms with Gasteiger partial charge in [-0.15, -0.1) is 0 Å². The molecule has 4 aromatic rings. The van der Waals surface area contributed by atoms with Crippen LogP contribution in [-0.4, -0.2) is 20.0 Å². The number of methoxy groups -OCH3 is 2. The van der Waals surface area contributed by atoms with Crippen LogP contribution in [0.3, 0.4) is 0 Å². The second-order valence-corrected chi connectivity index (χ2v) is 7.94. The van der Waals surface area contributed by atoms with Crippen molar-refractivity contribution in [2.75, 3.05) is 19.5 Å². The second-order valence-electron chi connectivity index (χ2n) is 7.51. The number of ketones is 1. The third kappa shape index (κ3) is 4.87. The minimum Gasteiger partial charge on any atom is -0.493 e. The molecule has 4 rings (SSSR count). The fraction of sp³-hybridized carbons (Fsp3) is 0.148. The predicted molar refractivity (Wildman–Crippen MR) is 130 cm³/mol. The maximum Gasteiger partial charge on any atom is 0.165 e. The zero-order valence-electron chi connectivity index (χ0n) is 18.0. The minimum absolute atomic E-state index is 0.0528. The summed E-state index contributed by atoms with van der Waals surface area (Å²) in [4.78, 5) is 13.3. The number of rotatable bonds is 8. The molecule has 0 spiro atoms. The van der Waals surface area contributed by atoms with Crippen LogP contribution in [0.15, 0.2) is 84.9 Å². The Morgan fingerprint density at radius 3 is 2.28 bits per heavy atom. The van der Waals surface area contributed by atoms with E-state index in [0.29, 0.717) is 22.1 Å². The number of Topliss-reactive ketones (excluding diaryl/α,β-unsaturated/α-hetero) is 1. The van der Waals surface area contributed by atoms with Crippen molar-refractivity contribution in [2.45, 2.75) is 12.5 Å². The van der Waals surface area contributed by atoms with E-state index in [1.807, 2.05) is 84.9 Å². The van der Waals surface area contributed by atoms with Crippen molar-refractivity contribution in [3.63, 3.8) is 0 Å². The first-order chi connectivity index (χ1) is 15.6. The standard InChI is InChI=1S/C27H24ClNO3/c1-31-26-14-9-20(16-27(26)32-2)24(29-23-12-10-22(28)11-13-23)17-25(30)21-8-7-18-5-3-4-6-19(18)15-21/h3-16,24,29H,17H2,1-2H3. The fourth-order valence-corrected chi connectivity index (χ4v) is 3.86. The van der Waals surface area contributed by atoms with Gasteiger partial charge in [-0.2, -0.15) is 0 Å². The van der Waals surface area contributed by atoms with Crippen LogP contribution < -0.4 is 14.8 Å². The van der Waals surface area contributed by atoms with Gasteiger partial charge >= 0.3 is 0 Å². The van der Waals surface area contributed by atoms with E-state index in [0.717, 1.165) is 22.0 Å². The Morgan fingerprint density at radius 1 is 0.844 bits per heavy atom. The van der Waals surface area contributed by atoms with Crippen molar-refractivity contribution in [1.29, 1.82) is 0 Å². The van der Waals surface area contributed by atoms with Crippen molar-refractivity contribution >= 4 is 33.8 Å². The molecule has 162 valence electrons. The van der Waals surface area contributed by atoms with Gasteiger partial charge in [0.1, 0.15) is 0 Å². The topological polar surface area (TPSA) is 47.6 Å². The third-order valence-electron chi connectivity index (χ3n) is 5.46. The molecule has 0 amide bonds. The molecule has 0 fully saturated rings. The first-order valence-corrected chi connectivity index (χ1v) is 10.7. The Balaban J connectivity index is 1.66. The van der Waals surface area contributed by atoms with Crippen LogP contribution in [-0.2, 0) is 0 Å². The van der Waals surface area contributed by atoms with E-state index in [-0.39, 0.29) is 18.2 Å². The number of hydrogen-bond donors (Lipinski definition) is 1. The van der Waals surface area contributed by atoms with Crippen LogP contribution in [0.5, 0.6) is 11.5 Å². The van der Waals surface area contributed by atoms with Gasteiger partial charge in [0.15, 0.2) is 17.3 Å². The maximum atomic E-state index is 13.3. The molecule has 0 bridgehead atoms. The second kappa shape index (κ2) is 9.75. The fourth-order valence-electron chi connectivity index (χ4n) is 3.74. The van der Waals surface area contributed by atoms with Gasteiger partial charge < -0.3 is 14.8 Å². The van der Waals surface area contributed by atoms with E-state index < -0.39 is 0 Å². The highest BCUT2D eigenvalue weighted by molar-refractivity contribution is 6.30. The number of fused-ring (bicyclic) bond motifs is 1. The van der Waals surface area contributed by atoms with E-state index in [9.17, 15) is 4.79 Å². The number of carbonyl (C=O) groups is 1. The number of carbonyl (C=O) groups excluding carboxylic acids is 1. The summed E-state index contributed by atoms with van der Waals surface area (Å²) in [5.41, 5.74) is 2.49. The average Bonchev–Trinajstić information content (AvgIpc) is 2.84. The molecule has 5 heteroatoms. The molecule has 1 atom stereocenters. The Labute approximate surface area is 192 Å².